The second-order valence-corrected chi connectivity index (χ2v) is 24.9. The van der Waals surface area contributed by atoms with Gasteiger partial charge in [-0.1, -0.05) is 137 Å². The highest BCUT2D eigenvalue weighted by atomic mass is 19.1. The number of halogens is 1. The van der Waals surface area contributed by atoms with Crippen LogP contribution in [0.4, 0.5) is 4.39 Å². The fourth-order valence-electron chi connectivity index (χ4n) is 14.7. The Morgan fingerprint density at radius 3 is 1.05 bits per heavy atom. The minimum absolute atomic E-state index is 0.0381. The first-order valence-corrected chi connectivity index (χ1v) is 26.2. The molecule has 0 spiro atoms. The molecule has 3 N–H and O–H groups in total. The summed E-state index contributed by atoms with van der Waals surface area (Å²) in [5, 5.41) is 23.0. The maximum Gasteiger partial charge on any atom is 0.160 e. The van der Waals surface area contributed by atoms with Crippen molar-refractivity contribution in [3.8, 4) is 0 Å². The fraction of sp³-hybridized carbons (Fsp3) is 0.429. The van der Waals surface area contributed by atoms with E-state index in [-0.39, 0.29) is 27.8 Å². The number of nitrogens with one attached hydrogen (secondary N) is 3. The summed E-state index contributed by atoms with van der Waals surface area (Å²) < 4.78 is 14.8. The number of aryl methyl sites for hydroxylation is 3. The van der Waals surface area contributed by atoms with Crippen LogP contribution in [0.5, 0.6) is 0 Å². The molecule has 3 unspecified atom stereocenters. The molecule has 0 aliphatic heterocycles. The van der Waals surface area contributed by atoms with E-state index in [2.05, 4.69) is 148 Å². The molecule has 3 atom stereocenters. The molecule has 3 aromatic heterocycles. The standard InChI is InChI=1S/C21H23FN2O.2C21H24N2O/c1-12-18-16(24-23-12)9-13-10-20(2,3)11-17(25)19(13)21(18,4)14-7-5-6-8-15(14)22;2*1-13-18-16(23-22-13)10-14-11-20(2,3)12-17(24)19(14)21(18,4)15-8-6-5-7-9-15/h5-8H,9-11H2,1-4H3,(H,23,24);2*5-9H,10-12H2,1-4H3,(H,22,23). The first-order chi connectivity index (χ1) is 34.4. The lowest BCUT2D eigenvalue weighted by Crippen LogP contribution is -2.41. The fourth-order valence-corrected chi connectivity index (χ4v) is 14.7. The molecule has 0 saturated heterocycles. The van der Waals surface area contributed by atoms with Crippen molar-refractivity contribution >= 4 is 17.3 Å². The molecule has 12 rings (SSSR count). The second-order valence-electron chi connectivity index (χ2n) is 24.9. The number of allylic oxidation sites excluding steroid dienone is 6. The lowest BCUT2D eigenvalue weighted by atomic mass is 9.58. The predicted molar refractivity (Wildman–Crippen MR) is 285 cm³/mol. The van der Waals surface area contributed by atoms with E-state index < -0.39 is 16.2 Å². The molecular weight excluding hydrogens is 908 g/mol. The van der Waals surface area contributed by atoms with Crippen LogP contribution in [-0.2, 0) is 49.9 Å². The molecule has 3 heterocycles. The molecule has 0 bridgehead atoms. The molecule has 6 aliphatic rings. The summed E-state index contributed by atoms with van der Waals surface area (Å²) in [5.41, 5.74) is 17.4. The van der Waals surface area contributed by atoms with Crippen molar-refractivity contribution in [1.82, 2.24) is 30.6 Å². The Balaban J connectivity index is 0.000000126. The summed E-state index contributed by atoms with van der Waals surface area (Å²) in [4.78, 5) is 39.6. The zero-order valence-electron chi connectivity index (χ0n) is 44.9. The maximum absolute atomic E-state index is 14.8. The Kier molecular flexibility index (Phi) is 12.0. The van der Waals surface area contributed by atoms with Crippen molar-refractivity contribution in [2.45, 2.75) is 157 Å². The summed E-state index contributed by atoms with van der Waals surface area (Å²) >= 11 is 0. The molecular formula is C63H71FN6O3. The van der Waals surface area contributed by atoms with E-state index >= 15 is 0 Å². The number of carbonyl (C=O) groups is 3. The lowest BCUT2D eigenvalue weighted by Gasteiger charge is -2.43. The van der Waals surface area contributed by atoms with Gasteiger partial charge in [0.05, 0.1) is 22.5 Å². The van der Waals surface area contributed by atoms with Gasteiger partial charge in [-0.05, 0) is 94.2 Å². The van der Waals surface area contributed by atoms with Crippen LogP contribution in [0.25, 0.3) is 0 Å². The largest absolute Gasteiger partial charge is 0.294 e. The molecule has 73 heavy (non-hydrogen) atoms. The van der Waals surface area contributed by atoms with Crippen molar-refractivity contribution < 1.29 is 18.8 Å². The van der Waals surface area contributed by atoms with Crippen molar-refractivity contribution in [3.05, 3.63) is 192 Å². The van der Waals surface area contributed by atoms with Gasteiger partial charge in [0.15, 0.2) is 17.3 Å². The molecule has 6 aromatic rings. The molecule has 10 heteroatoms. The summed E-state index contributed by atoms with van der Waals surface area (Å²) in [6.45, 7) is 25.5. The average molecular weight is 979 g/mol. The molecule has 378 valence electrons. The predicted octanol–water partition coefficient (Wildman–Crippen LogP) is 12.9. The normalized spacial score (nSPS) is 25.2. The van der Waals surface area contributed by atoms with Crippen LogP contribution in [0.1, 0.15) is 168 Å². The third kappa shape index (κ3) is 8.18. The number of aromatic amines is 3. The summed E-state index contributed by atoms with van der Waals surface area (Å²) in [6, 6.07) is 27.6. The smallest absolute Gasteiger partial charge is 0.160 e. The Bertz CT molecular complexity index is 3190. The summed E-state index contributed by atoms with van der Waals surface area (Å²) in [7, 11) is 0. The van der Waals surface area contributed by atoms with Gasteiger partial charge in [0.2, 0.25) is 0 Å². The molecule has 0 radical (unpaired) electrons. The number of aromatic nitrogens is 6. The Morgan fingerprint density at radius 1 is 0.411 bits per heavy atom. The van der Waals surface area contributed by atoms with E-state index in [1.807, 2.05) is 32.0 Å². The van der Waals surface area contributed by atoms with Crippen LogP contribution >= 0.6 is 0 Å². The van der Waals surface area contributed by atoms with Gasteiger partial charge in [0, 0.05) is 105 Å². The van der Waals surface area contributed by atoms with E-state index in [4.69, 9.17) is 0 Å². The maximum atomic E-state index is 14.8. The Morgan fingerprint density at radius 2 is 0.712 bits per heavy atom. The third-order valence-corrected chi connectivity index (χ3v) is 17.2. The van der Waals surface area contributed by atoms with Gasteiger partial charge in [0.1, 0.15) is 5.82 Å². The number of rotatable bonds is 3. The zero-order valence-corrected chi connectivity index (χ0v) is 44.9. The number of hydrogen-bond acceptors (Lipinski definition) is 6. The van der Waals surface area contributed by atoms with E-state index in [1.54, 1.807) is 12.1 Å². The number of fused-ring (bicyclic) bond motifs is 3. The van der Waals surface area contributed by atoms with Crippen molar-refractivity contribution in [1.29, 1.82) is 0 Å². The van der Waals surface area contributed by atoms with Crippen LogP contribution in [0, 0.1) is 42.8 Å². The van der Waals surface area contributed by atoms with E-state index in [1.165, 1.54) is 39.5 Å². The lowest BCUT2D eigenvalue weighted by molar-refractivity contribution is -0.119. The third-order valence-electron chi connectivity index (χ3n) is 17.2. The van der Waals surface area contributed by atoms with Crippen LogP contribution in [0.3, 0.4) is 0 Å². The van der Waals surface area contributed by atoms with Gasteiger partial charge in [-0.3, -0.25) is 29.7 Å². The summed E-state index contributed by atoms with van der Waals surface area (Å²) in [6.07, 6.45) is 6.82. The van der Waals surface area contributed by atoms with Gasteiger partial charge in [-0.2, -0.15) is 15.3 Å². The van der Waals surface area contributed by atoms with Crippen LogP contribution in [0.15, 0.2) is 118 Å². The zero-order chi connectivity index (χ0) is 52.2. The highest BCUT2D eigenvalue weighted by Gasteiger charge is 2.52. The minimum Gasteiger partial charge on any atom is -0.294 e. The SMILES string of the molecule is Cc1[nH]nc2c1C(C)(c1ccccc1)C1=C(C2)CC(C)(C)CC1=O.Cc1[nH]nc2c1C(C)(c1ccccc1)C1=C(C2)CC(C)(C)CC1=O.Cc1[nH]nc2c1C(C)(c1ccccc1F)C1=C(C2)CC(C)(C)CC1=O. The Labute approximate surface area is 430 Å². The molecule has 9 nitrogen and oxygen atoms in total. The first-order valence-electron chi connectivity index (χ1n) is 26.2. The quantitative estimate of drug-likeness (QED) is 0.161. The van der Waals surface area contributed by atoms with Crippen LogP contribution < -0.4 is 0 Å². The van der Waals surface area contributed by atoms with Crippen LogP contribution in [-0.4, -0.2) is 47.9 Å². The van der Waals surface area contributed by atoms with Gasteiger partial charge in [-0.15, -0.1) is 0 Å². The Hall–Kier alpha value is -6.55. The van der Waals surface area contributed by atoms with Gasteiger partial charge in [0.25, 0.3) is 0 Å². The number of H-pyrrole nitrogens is 3. The van der Waals surface area contributed by atoms with Crippen LogP contribution in [0.2, 0.25) is 0 Å². The second kappa shape index (κ2) is 17.6. The minimum atomic E-state index is -0.793. The van der Waals surface area contributed by atoms with Gasteiger partial charge >= 0.3 is 0 Å². The van der Waals surface area contributed by atoms with Crippen molar-refractivity contribution in [2.75, 3.05) is 0 Å². The summed E-state index contributed by atoms with van der Waals surface area (Å²) in [5.74, 6) is 0.476. The van der Waals surface area contributed by atoms with E-state index in [0.717, 1.165) is 94.1 Å². The molecule has 0 fully saturated rings. The molecule has 3 aromatic carbocycles. The number of Topliss-reactive ketones (excluding diaryl/α,β-unsaturated/α-hetero) is 3. The molecule has 0 saturated carbocycles. The molecule has 6 aliphatic carbocycles. The average Bonchev–Trinajstić information content (AvgIpc) is 4.01. The number of carbonyl (C=O) groups excluding carboxylic acids is 3. The topological polar surface area (TPSA) is 137 Å². The highest BCUT2D eigenvalue weighted by molar-refractivity contribution is 6.03. The van der Waals surface area contributed by atoms with Crippen molar-refractivity contribution in [3.63, 3.8) is 0 Å². The van der Waals surface area contributed by atoms with Crippen molar-refractivity contribution in [2.24, 2.45) is 16.2 Å². The monoisotopic (exact) mass is 979 g/mol. The number of hydrogen-bond donors (Lipinski definition) is 3. The van der Waals surface area contributed by atoms with Gasteiger partial charge < -0.3 is 0 Å². The van der Waals surface area contributed by atoms with E-state index in [0.29, 0.717) is 42.8 Å². The number of benzene rings is 3. The number of nitrogens with zero attached hydrogens (tertiary/aromatic N) is 3. The molecule has 0 amide bonds. The number of ketones is 3. The first kappa shape index (κ1) is 50.0. The van der Waals surface area contributed by atoms with E-state index in [9.17, 15) is 18.8 Å². The highest BCUT2D eigenvalue weighted by Crippen LogP contribution is 2.56. The van der Waals surface area contributed by atoms with Gasteiger partial charge in [-0.25, -0.2) is 4.39 Å².